The van der Waals surface area contributed by atoms with Gasteiger partial charge in [-0.3, -0.25) is 9.69 Å². The first-order valence-electron chi connectivity index (χ1n) is 9.76. The zero-order valence-electron chi connectivity index (χ0n) is 17.2. The zero-order valence-corrected chi connectivity index (χ0v) is 19.6. The molecular formula is C23H24ClNO3S2. The van der Waals surface area contributed by atoms with Crippen molar-refractivity contribution >= 4 is 51.9 Å². The topological polar surface area (TPSA) is 38.8 Å². The Labute approximate surface area is 192 Å². The maximum absolute atomic E-state index is 12.7. The number of halogens is 1. The van der Waals surface area contributed by atoms with E-state index in [-0.39, 0.29) is 5.91 Å². The molecular weight excluding hydrogens is 438 g/mol. The average molecular weight is 462 g/mol. The van der Waals surface area contributed by atoms with Crippen LogP contribution in [-0.2, 0) is 11.4 Å². The number of hydrogen-bond acceptors (Lipinski definition) is 5. The van der Waals surface area contributed by atoms with Crippen molar-refractivity contribution in [3.63, 3.8) is 0 Å². The zero-order chi connectivity index (χ0) is 21.7. The van der Waals surface area contributed by atoms with Crippen LogP contribution in [0, 0.1) is 5.92 Å². The number of amides is 1. The molecule has 4 nitrogen and oxygen atoms in total. The van der Waals surface area contributed by atoms with Gasteiger partial charge in [-0.05, 0) is 54.3 Å². The molecule has 30 heavy (non-hydrogen) atoms. The van der Waals surface area contributed by atoms with Crippen LogP contribution < -0.4 is 9.47 Å². The maximum Gasteiger partial charge on any atom is 0.266 e. The number of thioether (sulfide) groups is 1. The van der Waals surface area contributed by atoms with Gasteiger partial charge in [-0.25, -0.2) is 0 Å². The van der Waals surface area contributed by atoms with Crippen molar-refractivity contribution in [1.29, 1.82) is 0 Å². The molecule has 7 heteroatoms. The van der Waals surface area contributed by atoms with Crippen LogP contribution in [0.4, 0.5) is 0 Å². The minimum Gasteiger partial charge on any atom is -0.490 e. The van der Waals surface area contributed by atoms with E-state index >= 15 is 0 Å². The van der Waals surface area contributed by atoms with Crippen LogP contribution in [0.1, 0.15) is 31.9 Å². The molecule has 3 rings (SSSR count). The summed E-state index contributed by atoms with van der Waals surface area (Å²) in [6, 6.07) is 13.2. The van der Waals surface area contributed by atoms with Crippen LogP contribution in [-0.4, -0.2) is 28.3 Å². The summed E-state index contributed by atoms with van der Waals surface area (Å²) in [5, 5.41) is 0.692. The standard InChI is InChI=1S/C23H24ClNO3S2/c1-4-27-20-11-17(12-21-22(26)25(13-15(2)3)23(29)30-21)7-10-19(20)28-14-16-5-8-18(24)9-6-16/h5-12,15H,4,13-14H2,1-3H3/b21-12-. The van der Waals surface area contributed by atoms with Gasteiger partial charge in [0.15, 0.2) is 11.5 Å². The second-order valence-corrected chi connectivity index (χ2v) is 9.35. The van der Waals surface area contributed by atoms with Crippen LogP contribution in [0.5, 0.6) is 11.5 Å². The highest BCUT2D eigenvalue weighted by atomic mass is 35.5. The molecule has 158 valence electrons. The fraction of sp³-hybridized carbons (Fsp3) is 0.304. The molecule has 1 aliphatic rings. The highest BCUT2D eigenvalue weighted by Crippen LogP contribution is 2.35. The number of thiocarbonyl (C=S) groups is 1. The molecule has 0 aliphatic carbocycles. The van der Waals surface area contributed by atoms with Crippen LogP contribution in [0.3, 0.4) is 0 Å². The van der Waals surface area contributed by atoms with Crippen molar-refractivity contribution in [2.24, 2.45) is 5.92 Å². The van der Waals surface area contributed by atoms with Gasteiger partial charge in [-0.1, -0.05) is 67.6 Å². The normalized spacial score (nSPS) is 15.4. The smallest absolute Gasteiger partial charge is 0.266 e. The average Bonchev–Trinajstić information content (AvgIpc) is 2.96. The number of nitrogens with zero attached hydrogens (tertiary/aromatic N) is 1. The summed E-state index contributed by atoms with van der Waals surface area (Å²) < 4.78 is 12.3. The summed E-state index contributed by atoms with van der Waals surface area (Å²) in [5.74, 6) is 1.60. The van der Waals surface area contributed by atoms with Gasteiger partial charge in [0.05, 0.1) is 11.5 Å². The van der Waals surface area contributed by atoms with Crippen molar-refractivity contribution in [2.75, 3.05) is 13.2 Å². The summed E-state index contributed by atoms with van der Waals surface area (Å²) in [5.41, 5.74) is 1.88. The molecule has 1 aliphatic heterocycles. The first-order valence-corrected chi connectivity index (χ1v) is 11.4. The molecule has 0 spiro atoms. The van der Waals surface area contributed by atoms with E-state index < -0.39 is 0 Å². The Kier molecular flexibility index (Phi) is 7.81. The molecule has 0 aromatic heterocycles. The Morgan fingerprint density at radius 2 is 1.87 bits per heavy atom. The summed E-state index contributed by atoms with van der Waals surface area (Å²) in [6.45, 7) is 7.61. The van der Waals surface area contributed by atoms with Crippen molar-refractivity contribution in [1.82, 2.24) is 4.90 Å². The van der Waals surface area contributed by atoms with E-state index in [0.717, 1.165) is 11.1 Å². The molecule has 2 aromatic carbocycles. The van der Waals surface area contributed by atoms with E-state index in [2.05, 4.69) is 13.8 Å². The molecule has 1 fully saturated rings. The van der Waals surface area contributed by atoms with Crippen LogP contribution in [0.2, 0.25) is 5.02 Å². The van der Waals surface area contributed by atoms with Crippen LogP contribution in [0.15, 0.2) is 47.4 Å². The second kappa shape index (κ2) is 10.3. The number of ether oxygens (including phenoxy) is 2. The van der Waals surface area contributed by atoms with Crippen molar-refractivity contribution in [2.45, 2.75) is 27.4 Å². The third-order valence-electron chi connectivity index (χ3n) is 4.29. The highest BCUT2D eigenvalue weighted by molar-refractivity contribution is 8.26. The lowest BCUT2D eigenvalue weighted by Crippen LogP contribution is -2.31. The largest absolute Gasteiger partial charge is 0.490 e. The Bertz CT molecular complexity index is 957. The maximum atomic E-state index is 12.7. The number of carbonyl (C=O) groups excluding carboxylic acids is 1. The highest BCUT2D eigenvalue weighted by Gasteiger charge is 2.32. The SMILES string of the molecule is CCOc1cc(/C=C2\SC(=S)N(CC(C)C)C2=O)ccc1OCc1ccc(Cl)cc1. The number of benzene rings is 2. The van der Waals surface area contributed by atoms with Gasteiger partial charge in [0.2, 0.25) is 0 Å². The summed E-state index contributed by atoms with van der Waals surface area (Å²) in [4.78, 5) is 15.0. The molecule has 0 atom stereocenters. The minimum atomic E-state index is -0.0419. The fourth-order valence-corrected chi connectivity index (χ4v) is 4.32. The van der Waals surface area contributed by atoms with E-state index in [0.29, 0.717) is 51.4 Å². The van der Waals surface area contributed by atoms with Gasteiger partial charge >= 0.3 is 0 Å². The molecule has 0 radical (unpaired) electrons. The molecule has 0 N–H and O–H groups in total. The van der Waals surface area contributed by atoms with Gasteiger partial charge in [0, 0.05) is 11.6 Å². The molecule has 1 amide bonds. The van der Waals surface area contributed by atoms with Crippen molar-refractivity contribution < 1.29 is 14.3 Å². The lowest BCUT2D eigenvalue weighted by molar-refractivity contribution is -0.122. The molecule has 0 saturated carbocycles. The van der Waals surface area contributed by atoms with Crippen LogP contribution >= 0.6 is 35.6 Å². The summed E-state index contributed by atoms with van der Waals surface area (Å²) in [6.07, 6.45) is 1.85. The van der Waals surface area contributed by atoms with Gasteiger partial charge in [-0.15, -0.1) is 0 Å². The Morgan fingerprint density at radius 1 is 1.13 bits per heavy atom. The number of hydrogen-bond donors (Lipinski definition) is 0. The van der Waals surface area contributed by atoms with Gasteiger partial charge in [0.1, 0.15) is 10.9 Å². The molecule has 1 heterocycles. The molecule has 1 saturated heterocycles. The lowest BCUT2D eigenvalue weighted by Gasteiger charge is -2.16. The molecule has 0 unspecified atom stereocenters. The first-order chi connectivity index (χ1) is 14.4. The van der Waals surface area contributed by atoms with Gasteiger partial charge in [-0.2, -0.15) is 0 Å². The van der Waals surface area contributed by atoms with Crippen molar-refractivity contribution in [3.05, 3.63) is 63.5 Å². The monoisotopic (exact) mass is 461 g/mol. The Hall–Kier alpha value is -2.02. The van der Waals surface area contributed by atoms with Gasteiger partial charge in [0.25, 0.3) is 5.91 Å². The predicted octanol–water partition coefficient (Wildman–Crippen LogP) is 6.17. The van der Waals surface area contributed by atoms with Crippen molar-refractivity contribution in [3.8, 4) is 11.5 Å². The van der Waals surface area contributed by atoms with E-state index in [9.17, 15) is 4.79 Å². The van der Waals surface area contributed by atoms with Gasteiger partial charge < -0.3 is 9.47 Å². The van der Waals surface area contributed by atoms with E-state index in [4.69, 9.17) is 33.3 Å². The number of carbonyl (C=O) groups is 1. The van der Waals surface area contributed by atoms with E-state index in [1.165, 1.54) is 11.8 Å². The molecule has 0 bridgehead atoms. The second-order valence-electron chi connectivity index (χ2n) is 7.24. The third-order valence-corrected chi connectivity index (χ3v) is 5.92. The minimum absolute atomic E-state index is 0.0419. The first kappa shape index (κ1) is 22.7. The predicted molar refractivity (Wildman–Crippen MR) is 128 cm³/mol. The van der Waals surface area contributed by atoms with Crippen LogP contribution in [0.25, 0.3) is 6.08 Å². The fourth-order valence-electron chi connectivity index (χ4n) is 2.92. The Balaban J connectivity index is 1.77. The lowest BCUT2D eigenvalue weighted by atomic mass is 10.1. The molecule has 2 aromatic rings. The van der Waals surface area contributed by atoms with E-state index in [1.54, 1.807) is 4.90 Å². The number of rotatable bonds is 8. The Morgan fingerprint density at radius 3 is 2.53 bits per heavy atom. The third kappa shape index (κ3) is 5.78. The summed E-state index contributed by atoms with van der Waals surface area (Å²) >= 11 is 12.6. The summed E-state index contributed by atoms with van der Waals surface area (Å²) in [7, 11) is 0. The quantitative estimate of drug-likeness (QED) is 0.347. The van der Waals surface area contributed by atoms with E-state index in [1.807, 2.05) is 55.5 Å².